The highest BCUT2D eigenvalue weighted by atomic mass is 35.5. The second-order valence-electron chi connectivity index (χ2n) is 4.19. The number of hydrogen-bond acceptors (Lipinski definition) is 1. The predicted octanol–water partition coefficient (Wildman–Crippen LogP) is 3.86. The van der Waals surface area contributed by atoms with Crippen molar-refractivity contribution in [1.82, 2.24) is 5.32 Å². The summed E-state index contributed by atoms with van der Waals surface area (Å²) in [4.78, 5) is 0. The molecule has 1 nitrogen and oxygen atoms in total. The van der Waals surface area contributed by atoms with Gasteiger partial charge in [-0.15, -0.1) is 0 Å². The summed E-state index contributed by atoms with van der Waals surface area (Å²) in [6, 6.07) is 8.56. The van der Waals surface area contributed by atoms with Gasteiger partial charge in [0, 0.05) is 17.6 Å². The molecule has 0 amide bonds. The first kappa shape index (κ1) is 12.5. The molecule has 0 heterocycles. The van der Waals surface area contributed by atoms with Crippen molar-refractivity contribution in [2.75, 3.05) is 0 Å². The molecule has 0 bridgehead atoms. The molecule has 1 aromatic carbocycles. The Morgan fingerprint density at radius 1 is 1.33 bits per heavy atom. The maximum Gasteiger partial charge on any atom is 0.0409 e. The Morgan fingerprint density at radius 2 is 2.07 bits per heavy atom. The average molecular weight is 226 g/mol. The monoisotopic (exact) mass is 225 g/mol. The van der Waals surface area contributed by atoms with Gasteiger partial charge in [0.15, 0.2) is 0 Å². The van der Waals surface area contributed by atoms with E-state index >= 15 is 0 Å². The Bertz CT molecular complexity index is 298. The highest BCUT2D eigenvalue weighted by Crippen LogP contribution is 2.12. The minimum atomic E-state index is 0.550. The summed E-state index contributed by atoms with van der Waals surface area (Å²) in [6.45, 7) is 7.63. The number of rotatable bonds is 5. The lowest BCUT2D eigenvalue weighted by Gasteiger charge is -2.19. The molecule has 0 aromatic heterocycles. The molecule has 0 aliphatic rings. The molecule has 0 saturated heterocycles. The lowest BCUT2D eigenvalue weighted by Crippen LogP contribution is -2.31. The Hall–Kier alpha value is -0.530. The second-order valence-corrected chi connectivity index (χ2v) is 4.62. The van der Waals surface area contributed by atoms with Gasteiger partial charge in [-0.25, -0.2) is 0 Å². The molecule has 0 aliphatic carbocycles. The first-order chi connectivity index (χ1) is 7.13. The van der Waals surface area contributed by atoms with Gasteiger partial charge in [0.05, 0.1) is 0 Å². The van der Waals surface area contributed by atoms with Crippen molar-refractivity contribution in [3.8, 4) is 0 Å². The molecular formula is C13H20ClN. The van der Waals surface area contributed by atoms with Crippen molar-refractivity contribution >= 4 is 11.6 Å². The molecule has 0 radical (unpaired) electrons. The Morgan fingerprint density at radius 3 is 2.67 bits per heavy atom. The van der Waals surface area contributed by atoms with Crippen molar-refractivity contribution in [2.45, 2.75) is 39.8 Å². The van der Waals surface area contributed by atoms with Crippen LogP contribution in [0.5, 0.6) is 0 Å². The van der Waals surface area contributed by atoms with Gasteiger partial charge in [0.2, 0.25) is 0 Å². The molecule has 0 aliphatic heterocycles. The van der Waals surface area contributed by atoms with Crippen LogP contribution in [0.1, 0.15) is 32.8 Å². The first-order valence-electron chi connectivity index (χ1n) is 5.61. The van der Waals surface area contributed by atoms with E-state index in [1.165, 1.54) is 12.0 Å². The van der Waals surface area contributed by atoms with Crippen LogP contribution in [-0.2, 0) is 6.54 Å². The molecule has 1 aromatic rings. The van der Waals surface area contributed by atoms with E-state index in [1.807, 2.05) is 18.2 Å². The highest BCUT2D eigenvalue weighted by molar-refractivity contribution is 6.30. The van der Waals surface area contributed by atoms with Gasteiger partial charge in [0.1, 0.15) is 0 Å². The van der Waals surface area contributed by atoms with Crippen molar-refractivity contribution < 1.29 is 0 Å². The van der Waals surface area contributed by atoms with E-state index in [4.69, 9.17) is 11.6 Å². The normalized spacial score (nSPS) is 14.9. The SMILES string of the molecule is CC[C@H](C)[C@@H](C)NCc1cccc(Cl)c1. The van der Waals surface area contributed by atoms with Crippen LogP contribution in [0.25, 0.3) is 0 Å². The molecule has 0 fully saturated rings. The zero-order chi connectivity index (χ0) is 11.3. The quantitative estimate of drug-likeness (QED) is 0.803. The molecule has 0 saturated carbocycles. The second kappa shape index (κ2) is 6.14. The van der Waals surface area contributed by atoms with Gasteiger partial charge in [-0.2, -0.15) is 0 Å². The van der Waals surface area contributed by atoms with Crippen molar-refractivity contribution in [2.24, 2.45) is 5.92 Å². The number of hydrogen-bond donors (Lipinski definition) is 1. The Balaban J connectivity index is 2.43. The van der Waals surface area contributed by atoms with Crippen LogP contribution in [0.2, 0.25) is 5.02 Å². The van der Waals surface area contributed by atoms with Gasteiger partial charge in [-0.05, 0) is 30.5 Å². The minimum absolute atomic E-state index is 0.550. The summed E-state index contributed by atoms with van der Waals surface area (Å²) in [5.74, 6) is 0.712. The first-order valence-corrected chi connectivity index (χ1v) is 5.99. The zero-order valence-corrected chi connectivity index (χ0v) is 10.5. The summed E-state index contributed by atoms with van der Waals surface area (Å²) in [5.41, 5.74) is 1.25. The maximum absolute atomic E-state index is 5.92. The zero-order valence-electron chi connectivity index (χ0n) is 9.76. The highest BCUT2D eigenvalue weighted by Gasteiger charge is 2.08. The van der Waals surface area contributed by atoms with Crippen LogP contribution in [0.15, 0.2) is 24.3 Å². The molecule has 15 heavy (non-hydrogen) atoms. The third kappa shape index (κ3) is 4.23. The maximum atomic E-state index is 5.92. The van der Waals surface area contributed by atoms with Gasteiger partial charge in [0.25, 0.3) is 0 Å². The molecule has 84 valence electrons. The molecule has 1 N–H and O–H groups in total. The standard InChI is InChI=1S/C13H20ClN/c1-4-10(2)11(3)15-9-12-6-5-7-13(14)8-12/h5-8,10-11,15H,4,9H2,1-3H3/t10-,11+/m0/s1. The lowest BCUT2D eigenvalue weighted by molar-refractivity contribution is 0.389. The van der Waals surface area contributed by atoms with Crippen molar-refractivity contribution in [3.63, 3.8) is 0 Å². The van der Waals surface area contributed by atoms with E-state index in [0.29, 0.717) is 12.0 Å². The van der Waals surface area contributed by atoms with E-state index in [1.54, 1.807) is 0 Å². The van der Waals surface area contributed by atoms with Crippen LogP contribution >= 0.6 is 11.6 Å². The van der Waals surface area contributed by atoms with E-state index < -0.39 is 0 Å². The fourth-order valence-corrected chi connectivity index (χ4v) is 1.69. The summed E-state index contributed by atoms with van der Waals surface area (Å²) in [7, 11) is 0. The van der Waals surface area contributed by atoms with E-state index in [9.17, 15) is 0 Å². The van der Waals surface area contributed by atoms with Crippen LogP contribution < -0.4 is 5.32 Å². The molecule has 0 unspecified atom stereocenters. The summed E-state index contributed by atoms with van der Waals surface area (Å²) in [5, 5.41) is 4.33. The van der Waals surface area contributed by atoms with E-state index in [2.05, 4.69) is 32.2 Å². The van der Waals surface area contributed by atoms with E-state index in [0.717, 1.165) is 11.6 Å². The fraction of sp³-hybridized carbons (Fsp3) is 0.538. The number of benzene rings is 1. The third-order valence-corrected chi connectivity index (χ3v) is 3.25. The number of halogens is 1. The van der Waals surface area contributed by atoms with Gasteiger partial charge >= 0.3 is 0 Å². The summed E-state index contributed by atoms with van der Waals surface area (Å²) < 4.78 is 0. The third-order valence-electron chi connectivity index (χ3n) is 3.01. The molecule has 1 rings (SSSR count). The summed E-state index contributed by atoms with van der Waals surface area (Å²) >= 11 is 5.92. The van der Waals surface area contributed by atoms with Gasteiger partial charge < -0.3 is 5.32 Å². The van der Waals surface area contributed by atoms with Crippen LogP contribution in [-0.4, -0.2) is 6.04 Å². The predicted molar refractivity (Wildman–Crippen MR) is 67.2 cm³/mol. The van der Waals surface area contributed by atoms with Crippen molar-refractivity contribution in [3.05, 3.63) is 34.9 Å². The van der Waals surface area contributed by atoms with Crippen LogP contribution in [0.3, 0.4) is 0 Å². The van der Waals surface area contributed by atoms with Crippen LogP contribution in [0.4, 0.5) is 0 Å². The topological polar surface area (TPSA) is 12.0 Å². The van der Waals surface area contributed by atoms with E-state index in [-0.39, 0.29) is 0 Å². The Labute approximate surface area is 97.8 Å². The molecular weight excluding hydrogens is 206 g/mol. The van der Waals surface area contributed by atoms with Crippen LogP contribution in [0, 0.1) is 5.92 Å². The molecule has 2 atom stereocenters. The fourth-order valence-electron chi connectivity index (χ4n) is 1.48. The summed E-state index contributed by atoms with van der Waals surface area (Å²) in [6.07, 6.45) is 1.21. The molecule has 2 heteroatoms. The van der Waals surface area contributed by atoms with Gasteiger partial charge in [-0.3, -0.25) is 0 Å². The van der Waals surface area contributed by atoms with Gasteiger partial charge in [-0.1, -0.05) is 44.0 Å². The average Bonchev–Trinajstić information content (AvgIpc) is 2.25. The minimum Gasteiger partial charge on any atom is -0.310 e. The largest absolute Gasteiger partial charge is 0.310 e. The smallest absolute Gasteiger partial charge is 0.0409 e. The lowest BCUT2D eigenvalue weighted by atomic mass is 10.0. The Kier molecular flexibility index (Phi) is 5.13. The number of nitrogens with one attached hydrogen (secondary N) is 1. The molecule has 0 spiro atoms. The van der Waals surface area contributed by atoms with Crippen molar-refractivity contribution in [1.29, 1.82) is 0 Å².